The Morgan fingerprint density at radius 1 is 0.944 bits per heavy atom. The number of nitrogens with two attached hydrogens (primary N) is 1. The number of hydrogen-bond acceptors (Lipinski definition) is 1. The lowest BCUT2D eigenvalue weighted by Gasteiger charge is -2.36. The van der Waals surface area contributed by atoms with Crippen LogP contribution in [0.5, 0.6) is 0 Å². The Balaban J connectivity index is 1.80. The minimum atomic E-state index is 0.395. The third-order valence-corrected chi connectivity index (χ3v) is 5.07. The molecule has 1 saturated carbocycles. The molecule has 2 aliphatic carbocycles. The van der Waals surface area contributed by atoms with Crippen LogP contribution in [0.3, 0.4) is 0 Å². The minimum absolute atomic E-state index is 0.395. The number of rotatable bonds is 2. The van der Waals surface area contributed by atoms with E-state index in [-0.39, 0.29) is 0 Å². The van der Waals surface area contributed by atoms with Crippen molar-refractivity contribution in [3.8, 4) is 0 Å². The summed E-state index contributed by atoms with van der Waals surface area (Å²) in [6.45, 7) is 0. The van der Waals surface area contributed by atoms with Crippen LogP contribution >= 0.6 is 0 Å². The van der Waals surface area contributed by atoms with E-state index in [0.717, 1.165) is 5.92 Å². The van der Waals surface area contributed by atoms with E-state index in [1.165, 1.54) is 51.4 Å². The molecule has 1 fully saturated rings. The van der Waals surface area contributed by atoms with Gasteiger partial charge in [0, 0.05) is 6.04 Å². The van der Waals surface area contributed by atoms with Gasteiger partial charge in [0.2, 0.25) is 0 Å². The molecule has 3 rings (SSSR count). The molecule has 1 heteroatoms. The smallest absolute Gasteiger partial charge is 0.0136 e. The maximum absolute atomic E-state index is 6.64. The van der Waals surface area contributed by atoms with Gasteiger partial charge in [0.15, 0.2) is 0 Å². The van der Waals surface area contributed by atoms with Crippen LogP contribution in [0.25, 0.3) is 0 Å². The van der Waals surface area contributed by atoms with Crippen LogP contribution in [0.2, 0.25) is 0 Å². The zero-order valence-corrected chi connectivity index (χ0v) is 11.3. The molecule has 0 spiro atoms. The van der Waals surface area contributed by atoms with Crippen LogP contribution in [0.15, 0.2) is 24.3 Å². The van der Waals surface area contributed by atoms with E-state index in [0.29, 0.717) is 12.0 Å². The first-order valence-electron chi connectivity index (χ1n) is 7.69. The molecule has 0 aromatic heterocycles. The molecule has 0 aliphatic heterocycles. The van der Waals surface area contributed by atoms with Gasteiger partial charge < -0.3 is 5.73 Å². The fourth-order valence-corrected chi connectivity index (χ4v) is 4.04. The number of fused-ring (bicyclic) bond motifs is 1. The van der Waals surface area contributed by atoms with Gasteiger partial charge in [-0.1, -0.05) is 43.5 Å². The van der Waals surface area contributed by atoms with Crippen LogP contribution < -0.4 is 5.73 Å². The highest BCUT2D eigenvalue weighted by atomic mass is 14.7. The molecule has 0 amide bonds. The van der Waals surface area contributed by atoms with Crippen LogP contribution in [-0.2, 0) is 6.42 Å². The van der Waals surface area contributed by atoms with Crippen molar-refractivity contribution in [2.45, 2.75) is 63.3 Å². The summed E-state index contributed by atoms with van der Waals surface area (Å²) in [4.78, 5) is 0. The summed E-state index contributed by atoms with van der Waals surface area (Å²) in [6.07, 6.45) is 10.8. The van der Waals surface area contributed by atoms with Gasteiger partial charge in [0.1, 0.15) is 0 Å². The maximum Gasteiger partial charge on any atom is 0.0136 e. The Morgan fingerprint density at radius 2 is 1.72 bits per heavy atom. The first-order chi connectivity index (χ1) is 8.86. The largest absolute Gasteiger partial charge is 0.327 e. The Labute approximate surface area is 111 Å². The number of hydrogen-bond donors (Lipinski definition) is 1. The van der Waals surface area contributed by atoms with Crippen molar-refractivity contribution >= 4 is 0 Å². The summed E-state index contributed by atoms with van der Waals surface area (Å²) in [6, 6.07) is 9.38. The average molecular weight is 243 g/mol. The van der Waals surface area contributed by atoms with Gasteiger partial charge in [0.25, 0.3) is 0 Å². The van der Waals surface area contributed by atoms with Gasteiger partial charge in [-0.2, -0.15) is 0 Å². The third kappa shape index (κ3) is 2.33. The summed E-state index contributed by atoms with van der Waals surface area (Å²) in [7, 11) is 0. The molecule has 18 heavy (non-hydrogen) atoms. The zero-order valence-electron chi connectivity index (χ0n) is 11.3. The normalized spacial score (nSPS) is 26.6. The van der Waals surface area contributed by atoms with E-state index >= 15 is 0 Å². The average Bonchev–Trinajstić information content (AvgIpc) is 2.47. The fourth-order valence-electron chi connectivity index (χ4n) is 4.04. The molecule has 0 radical (unpaired) electrons. The van der Waals surface area contributed by atoms with Gasteiger partial charge in [-0.3, -0.25) is 0 Å². The van der Waals surface area contributed by atoms with Crippen LogP contribution in [-0.4, -0.2) is 6.04 Å². The van der Waals surface area contributed by atoms with Crippen molar-refractivity contribution in [2.24, 2.45) is 11.7 Å². The number of benzene rings is 1. The monoisotopic (exact) mass is 243 g/mol. The second-order valence-corrected chi connectivity index (χ2v) is 6.17. The van der Waals surface area contributed by atoms with E-state index < -0.39 is 0 Å². The summed E-state index contributed by atoms with van der Waals surface area (Å²) < 4.78 is 0. The van der Waals surface area contributed by atoms with Crippen LogP contribution in [0, 0.1) is 5.92 Å². The molecule has 2 aliphatic rings. The highest BCUT2D eigenvalue weighted by molar-refractivity contribution is 5.33. The highest BCUT2D eigenvalue weighted by Gasteiger charge is 2.31. The predicted octanol–water partition coefficient (Wildman–Crippen LogP) is 4.01. The summed E-state index contributed by atoms with van der Waals surface area (Å²) in [5.74, 6) is 1.40. The minimum Gasteiger partial charge on any atom is -0.327 e. The van der Waals surface area contributed by atoms with Crippen molar-refractivity contribution in [1.29, 1.82) is 0 Å². The molecule has 1 aromatic rings. The van der Waals surface area contributed by atoms with Crippen molar-refractivity contribution in [2.75, 3.05) is 0 Å². The molecule has 98 valence electrons. The van der Waals surface area contributed by atoms with Gasteiger partial charge >= 0.3 is 0 Å². The lowest BCUT2D eigenvalue weighted by atomic mass is 9.72. The second kappa shape index (κ2) is 5.44. The Kier molecular flexibility index (Phi) is 3.69. The Bertz CT molecular complexity index is 392. The molecular weight excluding hydrogens is 218 g/mol. The zero-order chi connectivity index (χ0) is 12.4. The summed E-state index contributed by atoms with van der Waals surface area (Å²) in [5, 5.41) is 0. The quantitative estimate of drug-likeness (QED) is 0.834. The molecule has 0 heterocycles. The van der Waals surface area contributed by atoms with E-state index in [1.807, 2.05) is 0 Å². The molecular formula is C17H25N. The van der Waals surface area contributed by atoms with Crippen molar-refractivity contribution in [3.05, 3.63) is 35.4 Å². The lowest BCUT2D eigenvalue weighted by molar-refractivity contribution is 0.265. The molecule has 2 N–H and O–H groups in total. The van der Waals surface area contributed by atoms with Gasteiger partial charge in [0.05, 0.1) is 0 Å². The van der Waals surface area contributed by atoms with Crippen molar-refractivity contribution in [3.63, 3.8) is 0 Å². The van der Waals surface area contributed by atoms with Crippen LogP contribution in [0.4, 0.5) is 0 Å². The van der Waals surface area contributed by atoms with E-state index in [2.05, 4.69) is 24.3 Å². The van der Waals surface area contributed by atoms with Crippen LogP contribution in [0.1, 0.15) is 62.0 Å². The van der Waals surface area contributed by atoms with Crippen molar-refractivity contribution in [1.82, 2.24) is 0 Å². The SMILES string of the molecule is NC(C1CCCCC1)C1CCCc2ccccc21. The topological polar surface area (TPSA) is 26.0 Å². The highest BCUT2D eigenvalue weighted by Crippen LogP contribution is 2.38. The maximum atomic E-state index is 6.64. The van der Waals surface area contributed by atoms with Gasteiger partial charge in [-0.05, 0) is 55.1 Å². The van der Waals surface area contributed by atoms with E-state index in [4.69, 9.17) is 5.73 Å². The predicted molar refractivity (Wildman–Crippen MR) is 76.7 cm³/mol. The molecule has 0 bridgehead atoms. The lowest BCUT2D eigenvalue weighted by Crippen LogP contribution is -2.38. The van der Waals surface area contributed by atoms with Crippen molar-refractivity contribution < 1.29 is 0 Å². The molecule has 1 aromatic carbocycles. The first-order valence-corrected chi connectivity index (χ1v) is 7.69. The van der Waals surface area contributed by atoms with Gasteiger partial charge in [-0.25, -0.2) is 0 Å². The van der Waals surface area contributed by atoms with E-state index in [1.54, 1.807) is 11.1 Å². The Hall–Kier alpha value is -0.820. The molecule has 0 saturated heterocycles. The number of aryl methyl sites for hydroxylation is 1. The third-order valence-electron chi connectivity index (χ3n) is 5.07. The molecule has 2 unspecified atom stereocenters. The second-order valence-electron chi connectivity index (χ2n) is 6.17. The first kappa shape index (κ1) is 12.2. The van der Waals surface area contributed by atoms with E-state index in [9.17, 15) is 0 Å². The fraction of sp³-hybridized carbons (Fsp3) is 0.647. The summed E-state index contributed by atoms with van der Waals surface area (Å²) in [5.41, 5.74) is 9.75. The molecule has 2 atom stereocenters. The molecule has 1 nitrogen and oxygen atoms in total. The standard InChI is InChI=1S/C17H25N/c18-17(14-8-2-1-3-9-14)16-12-6-10-13-7-4-5-11-15(13)16/h4-5,7,11,14,16-17H,1-3,6,8-10,12,18H2. The van der Waals surface area contributed by atoms with Gasteiger partial charge in [-0.15, -0.1) is 0 Å². The Morgan fingerprint density at radius 3 is 2.56 bits per heavy atom. The summed E-state index contributed by atoms with van der Waals surface area (Å²) >= 11 is 0.